The van der Waals surface area contributed by atoms with Crippen molar-refractivity contribution in [2.24, 2.45) is 0 Å². The Kier molecular flexibility index (Phi) is 20.8. The summed E-state index contributed by atoms with van der Waals surface area (Å²) in [5.41, 5.74) is 0. The van der Waals surface area contributed by atoms with Crippen LogP contribution in [-0.4, -0.2) is 23.9 Å². The first-order valence-electron chi connectivity index (χ1n) is 11.1. The van der Waals surface area contributed by atoms with Crippen molar-refractivity contribution in [3.8, 4) is 0 Å². The molecule has 27 heavy (non-hydrogen) atoms. The summed E-state index contributed by atoms with van der Waals surface area (Å²) in [6.45, 7) is 3.94. The van der Waals surface area contributed by atoms with Gasteiger partial charge in [0.15, 0.2) is 0 Å². The quantitative estimate of drug-likeness (QED) is 0.0359. The van der Waals surface area contributed by atoms with E-state index in [1.807, 2.05) is 0 Å². The highest BCUT2D eigenvalue weighted by atomic mass is 127. The number of rotatable bonds is 20. The Balaban J connectivity index is 3.07. The molecule has 0 saturated carbocycles. The summed E-state index contributed by atoms with van der Waals surface area (Å²) in [5.74, 6) is -0.299. The largest absolute Gasteiger partial charge is 0.463 e. The lowest BCUT2D eigenvalue weighted by Gasteiger charge is -2.13. The first kappa shape index (κ1) is 27.9. The summed E-state index contributed by atoms with van der Waals surface area (Å²) in [4.78, 5) is 10.9. The monoisotopic (exact) mass is 620 g/mol. The van der Waals surface area contributed by atoms with Crippen LogP contribution in [0.25, 0.3) is 0 Å². The van der Waals surface area contributed by atoms with E-state index in [9.17, 15) is 4.79 Å². The normalized spacial score (nSPS) is 11.6. The van der Waals surface area contributed by atoms with E-state index in [4.69, 9.17) is 4.74 Å². The van der Waals surface area contributed by atoms with Crippen LogP contribution in [0.5, 0.6) is 0 Å². The molecule has 0 saturated heterocycles. The van der Waals surface area contributed by atoms with Crippen LogP contribution >= 0.6 is 45.2 Å². The van der Waals surface area contributed by atoms with Gasteiger partial charge < -0.3 is 4.74 Å². The lowest BCUT2D eigenvalue weighted by atomic mass is 10.0. The van der Waals surface area contributed by atoms with Crippen molar-refractivity contribution in [2.75, 3.05) is 6.61 Å². The summed E-state index contributed by atoms with van der Waals surface area (Å²) in [6.07, 6.45) is 24.5. The fraction of sp³-hybridized carbons (Fsp3) is 0.864. The molecule has 0 aromatic rings. The van der Waals surface area contributed by atoms with E-state index in [-0.39, 0.29) is 5.97 Å². The molecule has 5 heteroatoms. The molecule has 0 aliphatic rings. The number of hydrogen-bond donors (Lipinski definition) is 0. The van der Waals surface area contributed by atoms with Crippen LogP contribution in [0.1, 0.15) is 109 Å². The maximum Gasteiger partial charge on any atom is 0.330 e. The van der Waals surface area contributed by atoms with Gasteiger partial charge in [-0.05, 0) is 12.8 Å². The Morgan fingerprint density at radius 1 is 0.741 bits per heavy atom. The van der Waals surface area contributed by atoms with Gasteiger partial charge in [0.05, 0.1) is 7.66 Å². The Morgan fingerprint density at radius 2 is 1.07 bits per heavy atom. The van der Waals surface area contributed by atoms with E-state index in [0.717, 1.165) is 6.42 Å². The molecule has 160 valence electrons. The molecule has 2 nitrogen and oxygen atoms in total. The van der Waals surface area contributed by atoms with Crippen LogP contribution in [0.3, 0.4) is 0 Å². The number of esters is 1. The molecule has 0 radical (unpaired) electrons. The van der Waals surface area contributed by atoms with Gasteiger partial charge in [-0.3, -0.25) is 0 Å². The lowest BCUT2D eigenvalue weighted by Crippen LogP contribution is -2.08. The third kappa shape index (κ3) is 24.8. The van der Waals surface area contributed by atoms with E-state index in [1.165, 1.54) is 119 Å². The molecule has 0 aromatic carbocycles. The van der Waals surface area contributed by atoms with E-state index >= 15 is 0 Å². The van der Waals surface area contributed by atoms with Crippen LogP contribution in [0, 0.1) is 0 Å². The molecule has 0 spiro atoms. The predicted molar refractivity (Wildman–Crippen MR) is 140 cm³/mol. The average molecular weight is 620 g/mol. The van der Waals surface area contributed by atoms with E-state index in [2.05, 4.69) is 51.8 Å². The first-order chi connectivity index (χ1) is 13.0. The van der Waals surface area contributed by atoms with Crippen molar-refractivity contribution in [3.63, 3.8) is 0 Å². The first-order valence-corrected chi connectivity index (χ1v) is 14.3. The summed E-state index contributed by atoms with van der Waals surface area (Å²) in [6, 6.07) is 0. The number of halogens is 2. The van der Waals surface area contributed by atoms with E-state index < -0.39 is 0 Å². The molecule has 0 amide bonds. The number of alkyl halides is 2. The topological polar surface area (TPSA) is 26.3 Å². The standard InChI is InChI=1S/C22H42I2O2Si/c1-2-21(25)26-20-18-16-14-12-10-8-6-4-3-5-7-9-11-13-15-17-19-22(23,24)27/h2H,1,3-20H2,27H3. The predicted octanol–water partition coefficient (Wildman–Crippen LogP) is 7.24. The second-order valence-corrected chi connectivity index (χ2v) is 20.5. The third-order valence-corrected chi connectivity index (χ3v) is 6.50. The number of ether oxygens (including phenoxy) is 1. The van der Waals surface area contributed by atoms with Gasteiger partial charge in [0.2, 0.25) is 0 Å². The van der Waals surface area contributed by atoms with Gasteiger partial charge >= 0.3 is 5.97 Å². The second-order valence-electron chi connectivity index (χ2n) is 7.85. The molecule has 0 unspecified atom stereocenters. The molecule has 0 atom stereocenters. The Morgan fingerprint density at radius 3 is 1.41 bits per heavy atom. The molecule has 0 bridgehead atoms. The van der Waals surface area contributed by atoms with Crippen LogP contribution in [0.2, 0.25) is 0 Å². The summed E-state index contributed by atoms with van der Waals surface area (Å²) in [5, 5.41) is 0. The molecule has 0 rings (SSSR count). The SMILES string of the molecule is C=CC(=O)OCCCCCCCCCCCCCCCCCCC([SiH3])(I)I. The van der Waals surface area contributed by atoms with Crippen molar-refractivity contribution >= 4 is 61.4 Å². The maximum absolute atomic E-state index is 10.9. The maximum atomic E-state index is 10.9. The van der Waals surface area contributed by atoms with Crippen molar-refractivity contribution < 1.29 is 9.53 Å². The molecule has 0 aliphatic carbocycles. The molecule has 0 aromatic heterocycles. The molecular formula is C22H42I2O2Si. The van der Waals surface area contributed by atoms with Crippen LogP contribution in [0.15, 0.2) is 12.7 Å². The minimum Gasteiger partial charge on any atom is -0.463 e. The Labute approximate surface area is 199 Å². The number of hydrogen-bond acceptors (Lipinski definition) is 2. The molecule has 0 aliphatic heterocycles. The molecule has 0 N–H and O–H groups in total. The van der Waals surface area contributed by atoms with Crippen molar-refractivity contribution in [1.29, 1.82) is 0 Å². The zero-order valence-electron chi connectivity index (χ0n) is 17.6. The van der Waals surface area contributed by atoms with Crippen molar-refractivity contribution in [1.82, 2.24) is 0 Å². The van der Waals surface area contributed by atoms with Gasteiger partial charge in [-0.2, -0.15) is 0 Å². The van der Waals surface area contributed by atoms with Gasteiger partial charge in [-0.25, -0.2) is 4.79 Å². The highest BCUT2D eigenvalue weighted by Crippen LogP contribution is 2.29. The minimum absolute atomic E-state index is 0.299. The Hall–Kier alpha value is 0.887. The zero-order valence-corrected chi connectivity index (χ0v) is 23.9. The summed E-state index contributed by atoms with van der Waals surface area (Å²) < 4.78 is 5.57. The molecule has 0 heterocycles. The van der Waals surface area contributed by atoms with Gasteiger partial charge in [0.1, 0.15) is 0 Å². The smallest absolute Gasteiger partial charge is 0.330 e. The van der Waals surface area contributed by atoms with Gasteiger partial charge in [0.25, 0.3) is 0 Å². The zero-order chi connectivity index (χ0) is 20.2. The van der Waals surface area contributed by atoms with Crippen LogP contribution < -0.4 is 0 Å². The van der Waals surface area contributed by atoms with E-state index in [0.29, 0.717) is 7.66 Å². The Bertz CT molecular complexity index is 357. The molecular weight excluding hydrogens is 578 g/mol. The molecule has 0 fully saturated rings. The number of carbonyl (C=O) groups is 1. The fourth-order valence-electron chi connectivity index (χ4n) is 3.24. The average Bonchev–Trinajstić information content (AvgIpc) is 2.62. The lowest BCUT2D eigenvalue weighted by molar-refractivity contribution is -0.137. The van der Waals surface area contributed by atoms with E-state index in [1.54, 1.807) is 0 Å². The number of unbranched alkanes of at least 4 members (excludes halogenated alkanes) is 15. The van der Waals surface area contributed by atoms with Crippen molar-refractivity contribution in [2.45, 2.75) is 110 Å². The van der Waals surface area contributed by atoms with Crippen LogP contribution in [0.4, 0.5) is 0 Å². The van der Waals surface area contributed by atoms with Crippen LogP contribution in [-0.2, 0) is 9.53 Å². The van der Waals surface area contributed by atoms with Gasteiger partial charge in [-0.1, -0.05) is 148 Å². The second kappa shape index (κ2) is 20.2. The highest BCUT2D eigenvalue weighted by Gasteiger charge is 2.12. The van der Waals surface area contributed by atoms with Gasteiger partial charge in [0, 0.05) is 16.3 Å². The fourth-order valence-corrected chi connectivity index (χ4v) is 4.36. The number of carbonyl (C=O) groups excluding carboxylic acids is 1. The highest BCUT2D eigenvalue weighted by molar-refractivity contribution is 14.2. The minimum atomic E-state index is -0.299. The van der Waals surface area contributed by atoms with Crippen molar-refractivity contribution in [3.05, 3.63) is 12.7 Å². The van der Waals surface area contributed by atoms with Gasteiger partial charge in [-0.15, -0.1) is 0 Å². The summed E-state index contributed by atoms with van der Waals surface area (Å²) in [7, 11) is 1.30. The summed E-state index contributed by atoms with van der Waals surface area (Å²) >= 11 is 5.23. The third-order valence-electron chi connectivity index (χ3n) is 4.92.